The Morgan fingerprint density at radius 2 is 2.00 bits per heavy atom. The van der Waals surface area contributed by atoms with Crippen molar-refractivity contribution in [2.45, 2.75) is 32.1 Å². The molecule has 1 aliphatic rings. The van der Waals surface area contributed by atoms with E-state index in [1.165, 1.54) is 5.56 Å². The summed E-state index contributed by atoms with van der Waals surface area (Å²) in [5.74, 6) is 1.15. The van der Waals surface area contributed by atoms with Crippen LogP contribution < -0.4 is 4.74 Å². The molecule has 0 N–H and O–H groups in total. The van der Waals surface area contributed by atoms with Crippen molar-refractivity contribution < 1.29 is 9.53 Å². The van der Waals surface area contributed by atoms with Crippen LogP contribution >= 0.6 is 15.9 Å². The maximum Gasteiger partial charge on any atom is 0.143 e. The molecule has 0 saturated heterocycles. The molecule has 0 saturated carbocycles. The predicted molar refractivity (Wildman–Crippen MR) is 67.0 cm³/mol. The fraction of sp³-hybridized carbons (Fsp3) is 0.462. The van der Waals surface area contributed by atoms with Crippen LogP contribution in [0, 0.1) is 0 Å². The molecule has 1 aliphatic carbocycles. The van der Waals surface area contributed by atoms with Crippen molar-refractivity contribution in [2.75, 3.05) is 7.11 Å². The van der Waals surface area contributed by atoms with Gasteiger partial charge in [-0.1, -0.05) is 15.9 Å². The third-order valence-electron chi connectivity index (χ3n) is 3.32. The zero-order valence-electron chi connectivity index (χ0n) is 9.76. The highest BCUT2D eigenvalue weighted by molar-refractivity contribution is 9.10. The monoisotopic (exact) mass is 282 g/mol. The number of halogens is 1. The van der Waals surface area contributed by atoms with Gasteiger partial charge in [0.15, 0.2) is 0 Å². The molecule has 0 aromatic heterocycles. The van der Waals surface area contributed by atoms with Crippen LogP contribution in [0.25, 0.3) is 0 Å². The molecule has 16 heavy (non-hydrogen) atoms. The number of hydrogen-bond acceptors (Lipinski definition) is 2. The summed E-state index contributed by atoms with van der Waals surface area (Å²) in [6.07, 6.45) is 1.44. The van der Waals surface area contributed by atoms with E-state index >= 15 is 0 Å². The molecule has 0 amide bonds. The van der Waals surface area contributed by atoms with E-state index in [4.69, 9.17) is 4.74 Å². The van der Waals surface area contributed by atoms with Crippen LogP contribution in [0.2, 0.25) is 0 Å². The molecule has 1 aromatic rings. The van der Waals surface area contributed by atoms with Gasteiger partial charge in [-0.2, -0.15) is 0 Å². The second-order valence-electron chi connectivity index (χ2n) is 4.69. The van der Waals surface area contributed by atoms with E-state index in [0.717, 1.165) is 22.2 Å². The first-order valence-corrected chi connectivity index (χ1v) is 6.16. The quantitative estimate of drug-likeness (QED) is 0.790. The van der Waals surface area contributed by atoms with Crippen LogP contribution in [0.3, 0.4) is 0 Å². The summed E-state index contributed by atoms with van der Waals surface area (Å²) in [5.41, 5.74) is 1.94. The highest BCUT2D eigenvalue weighted by Gasteiger charge is 2.36. The van der Waals surface area contributed by atoms with Gasteiger partial charge in [0.05, 0.1) is 7.11 Å². The SMILES string of the molecule is COc1cc(Br)c2c(c1)CCC(=O)C2(C)C. The van der Waals surface area contributed by atoms with Crippen LogP contribution in [0.1, 0.15) is 31.4 Å². The number of ether oxygens (including phenoxy) is 1. The summed E-state index contributed by atoms with van der Waals surface area (Å²) < 4.78 is 6.21. The zero-order chi connectivity index (χ0) is 11.9. The summed E-state index contributed by atoms with van der Waals surface area (Å²) in [7, 11) is 1.66. The van der Waals surface area contributed by atoms with Gasteiger partial charge < -0.3 is 4.74 Å². The Labute approximate surface area is 104 Å². The molecule has 0 atom stereocenters. The zero-order valence-corrected chi connectivity index (χ0v) is 11.3. The fourth-order valence-corrected chi connectivity index (χ4v) is 3.33. The van der Waals surface area contributed by atoms with Crippen LogP contribution in [0.15, 0.2) is 16.6 Å². The van der Waals surface area contributed by atoms with E-state index in [-0.39, 0.29) is 0 Å². The lowest BCUT2D eigenvalue weighted by atomic mass is 9.72. The highest BCUT2D eigenvalue weighted by atomic mass is 79.9. The van der Waals surface area contributed by atoms with E-state index < -0.39 is 5.41 Å². The Bertz CT molecular complexity index is 449. The second kappa shape index (κ2) is 3.88. The fourth-order valence-electron chi connectivity index (χ4n) is 2.35. The van der Waals surface area contributed by atoms with Crippen molar-refractivity contribution in [1.82, 2.24) is 0 Å². The second-order valence-corrected chi connectivity index (χ2v) is 5.55. The molecule has 0 radical (unpaired) electrons. The molecule has 2 nitrogen and oxygen atoms in total. The standard InChI is InChI=1S/C13H15BrO2/c1-13(2)11(15)5-4-8-6-9(16-3)7-10(14)12(8)13/h6-7H,4-5H2,1-3H3. The van der Waals surface area contributed by atoms with Gasteiger partial charge >= 0.3 is 0 Å². The number of rotatable bonds is 1. The molecule has 0 spiro atoms. The molecular weight excluding hydrogens is 268 g/mol. The first-order chi connectivity index (χ1) is 7.46. The summed E-state index contributed by atoms with van der Waals surface area (Å²) in [6, 6.07) is 3.97. The van der Waals surface area contributed by atoms with E-state index in [0.29, 0.717) is 12.2 Å². The van der Waals surface area contributed by atoms with Gasteiger partial charge in [-0.05, 0) is 43.5 Å². The number of carbonyl (C=O) groups is 1. The van der Waals surface area contributed by atoms with Crippen molar-refractivity contribution in [2.24, 2.45) is 0 Å². The molecule has 3 heteroatoms. The van der Waals surface area contributed by atoms with Gasteiger partial charge in [-0.3, -0.25) is 4.79 Å². The molecular formula is C13H15BrO2. The van der Waals surface area contributed by atoms with Crippen LogP contribution in [-0.2, 0) is 16.6 Å². The third-order valence-corrected chi connectivity index (χ3v) is 3.95. The van der Waals surface area contributed by atoms with Crippen LogP contribution in [0.4, 0.5) is 0 Å². The Morgan fingerprint density at radius 1 is 1.31 bits per heavy atom. The first-order valence-electron chi connectivity index (χ1n) is 5.37. The van der Waals surface area contributed by atoms with E-state index in [2.05, 4.69) is 15.9 Å². The molecule has 0 bridgehead atoms. The number of fused-ring (bicyclic) bond motifs is 1. The summed E-state index contributed by atoms with van der Waals surface area (Å²) in [5, 5.41) is 0. The minimum absolute atomic E-state index is 0.311. The molecule has 0 unspecified atom stereocenters. The van der Waals surface area contributed by atoms with Gasteiger partial charge in [0.25, 0.3) is 0 Å². The number of hydrogen-bond donors (Lipinski definition) is 0. The molecule has 0 heterocycles. The Balaban J connectivity index is 2.64. The topological polar surface area (TPSA) is 26.3 Å². The number of carbonyl (C=O) groups excluding carboxylic acids is 1. The lowest BCUT2D eigenvalue weighted by molar-refractivity contribution is -0.124. The summed E-state index contributed by atoms with van der Waals surface area (Å²) >= 11 is 3.54. The lowest BCUT2D eigenvalue weighted by Crippen LogP contribution is -2.34. The average Bonchev–Trinajstić information content (AvgIpc) is 2.22. The van der Waals surface area contributed by atoms with Crippen LogP contribution in [-0.4, -0.2) is 12.9 Å². The van der Waals surface area contributed by atoms with Gasteiger partial charge in [0.1, 0.15) is 11.5 Å². The van der Waals surface area contributed by atoms with Crippen molar-refractivity contribution in [3.8, 4) is 5.75 Å². The Kier molecular flexibility index (Phi) is 2.82. The van der Waals surface area contributed by atoms with Gasteiger partial charge in [-0.15, -0.1) is 0 Å². The van der Waals surface area contributed by atoms with Gasteiger partial charge in [-0.25, -0.2) is 0 Å². The number of Topliss-reactive ketones (excluding diaryl/α,β-unsaturated/α-hetero) is 1. The maximum absolute atomic E-state index is 11.9. The number of benzene rings is 1. The molecule has 2 rings (SSSR count). The largest absolute Gasteiger partial charge is 0.497 e. The Morgan fingerprint density at radius 3 is 2.62 bits per heavy atom. The average molecular weight is 283 g/mol. The van der Waals surface area contributed by atoms with Gasteiger partial charge in [0.2, 0.25) is 0 Å². The highest BCUT2D eigenvalue weighted by Crippen LogP contribution is 2.40. The molecule has 0 fully saturated rings. The molecule has 1 aromatic carbocycles. The van der Waals surface area contributed by atoms with Crippen molar-refractivity contribution in [1.29, 1.82) is 0 Å². The molecule has 86 valence electrons. The van der Waals surface area contributed by atoms with Crippen molar-refractivity contribution >= 4 is 21.7 Å². The number of methoxy groups -OCH3 is 1. The molecule has 0 aliphatic heterocycles. The van der Waals surface area contributed by atoms with E-state index in [1.807, 2.05) is 26.0 Å². The normalized spacial score (nSPS) is 18.1. The van der Waals surface area contributed by atoms with Gasteiger partial charge in [0, 0.05) is 16.3 Å². The van der Waals surface area contributed by atoms with Crippen molar-refractivity contribution in [3.05, 3.63) is 27.7 Å². The summed E-state index contributed by atoms with van der Waals surface area (Å²) in [6.45, 7) is 3.98. The first kappa shape index (κ1) is 11.6. The lowest BCUT2D eigenvalue weighted by Gasteiger charge is -2.32. The summed E-state index contributed by atoms with van der Waals surface area (Å²) in [4.78, 5) is 11.9. The minimum Gasteiger partial charge on any atom is -0.497 e. The Hall–Kier alpha value is -0.830. The predicted octanol–water partition coefficient (Wildman–Crippen LogP) is 3.25. The van der Waals surface area contributed by atoms with Crippen molar-refractivity contribution in [3.63, 3.8) is 0 Å². The minimum atomic E-state index is -0.390. The van der Waals surface area contributed by atoms with E-state index in [1.54, 1.807) is 7.11 Å². The van der Waals surface area contributed by atoms with Crippen LogP contribution in [0.5, 0.6) is 5.75 Å². The maximum atomic E-state index is 11.9. The van der Waals surface area contributed by atoms with E-state index in [9.17, 15) is 4.79 Å². The number of ketones is 1. The third kappa shape index (κ3) is 1.67. The smallest absolute Gasteiger partial charge is 0.143 e. The number of aryl methyl sites for hydroxylation is 1.